The standard InChI is InChI=1S/C19H24N4O.C4H6O6/c1-4-23-12-17(16(3)21-23)11-22(13-18-7-5-6-10-20-18)14-19-9-8-15(2)24-19;5-1(3(7)8)2(6)4(9)10/h5-10,12H,4,11,13-14H2,1-3H3;1-2,5-6H,(H,7,8)(H,9,10). The Bertz CT molecular complexity index is 1050. The number of nitrogens with zero attached hydrogens (tertiary/aromatic N) is 4. The van der Waals surface area contributed by atoms with Gasteiger partial charge in [0.05, 0.1) is 17.9 Å². The second-order valence-corrected chi connectivity index (χ2v) is 7.64. The Morgan fingerprint density at radius 1 is 1.03 bits per heavy atom. The van der Waals surface area contributed by atoms with Crippen molar-refractivity contribution in [2.24, 2.45) is 0 Å². The number of hydrogen-bond acceptors (Lipinski definition) is 8. The van der Waals surface area contributed by atoms with Gasteiger partial charge >= 0.3 is 11.9 Å². The number of aliphatic hydroxyl groups is 2. The molecule has 34 heavy (non-hydrogen) atoms. The first-order chi connectivity index (χ1) is 16.1. The molecular weight excluding hydrogens is 444 g/mol. The maximum Gasteiger partial charge on any atom is 0.335 e. The van der Waals surface area contributed by atoms with Crippen LogP contribution in [-0.4, -0.2) is 64.2 Å². The molecule has 0 aliphatic heterocycles. The van der Waals surface area contributed by atoms with Crippen molar-refractivity contribution < 1.29 is 34.4 Å². The van der Waals surface area contributed by atoms with Crippen molar-refractivity contribution in [3.8, 4) is 0 Å². The Hall–Kier alpha value is -3.54. The van der Waals surface area contributed by atoms with Gasteiger partial charge in [0.2, 0.25) is 0 Å². The molecule has 11 heteroatoms. The summed E-state index contributed by atoms with van der Waals surface area (Å²) in [6.07, 6.45) is -0.561. The molecule has 3 heterocycles. The maximum atomic E-state index is 9.77. The number of aliphatic carboxylic acids is 2. The van der Waals surface area contributed by atoms with E-state index in [0.717, 1.165) is 49.1 Å². The van der Waals surface area contributed by atoms with Gasteiger partial charge in [-0.05, 0) is 45.0 Å². The molecule has 0 radical (unpaired) electrons. The van der Waals surface area contributed by atoms with Crippen LogP contribution in [0, 0.1) is 13.8 Å². The van der Waals surface area contributed by atoms with E-state index in [-0.39, 0.29) is 0 Å². The minimum atomic E-state index is -2.27. The molecule has 0 aliphatic carbocycles. The van der Waals surface area contributed by atoms with Crippen LogP contribution in [0.15, 0.2) is 47.1 Å². The highest BCUT2D eigenvalue weighted by molar-refractivity contribution is 5.83. The van der Waals surface area contributed by atoms with E-state index in [2.05, 4.69) is 41.1 Å². The van der Waals surface area contributed by atoms with Gasteiger partial charge in [0.15, 0.2) is 12.2 Å². The lowest BCUT2D eigenvalue weighted by molar-refractivity contribution is -0.165. The molecular formula is C23H30N4O7. The van der Waals surface area contributed by atoms with Crippen LogP contribution in [0.4, 0.5) is 0 Å². The normalized spacial score (nSPS) is 12.6. The lowest BCUT2D eigenvalue weighted by atomic mass is 10.2. The van der Waals surface area contributed by atoms with Crippen LogP contribution in [-0.2, 0) is 35.8 Å². The minimum absolute atomic E-state index is 0.751. The van der Waals surface area contributed by atoms with Crippen LogP contribution in [0.25, 0.3) is 0 Å². The number of aromatic nitrogens is 3. The second kappa shape index (κ2) is 12.6. The molecule has 0 amide bonds. The lowest BCUT2D eigenvalue weighted by Gasteiger charge is -2.20. The van der Waals surface area contributed by atoms with E-state index < -0.39 is 24.1 Å². The monoisotopic (exact) mass is 474 g/mol. The van der Waals surface area contributed by atoms with Crippen molar-refractivity contribution in [1.82, 2.24) is 19.7 Å². The summed E-state index contributed by atoms with van der Waals surface area (Å²) >= 11 is 0. The number of pyridine rings is 1. The van der Waals surface area contributed by atoms with Crippen LogP contribution in [0.5, 0.6) is 0 Å². The topological polar surface area (TPSA) is 162 Å². The van der Waals surface area contributed by atoms with Crippen molar-refractivity contribution in [2.75, 3.05) is 0 Å². The van der Waals surface area contributed by atoms with E-state index in [4.69, 9.17) is 24.8 Å². The van der Waals surface area contributed by atoms with Crippen molar-refractivity contribution in [2.45, 2.75) is 59.2 Å². The third-order valence-electron chi connectivity index (χ3n) is 4.86. The number of carbonyl (C=O) groups is 2. The van der Waals surface area contributed by atoms with Gasteiger partial charge in [-0.3, -0.25) is 14.6 Å². The van der Waals surface area contributed by atoms with Crippen LogP contribution < -0.4 is 0 Å². The number of rotatable bonds is 10. The SMILES string of the molecule is CCn1cc(CN(Cc2ccccn2)Cc2ccc(C)o2)c(C)n1.O=C(O)C(O)C(O)C(=O)O. The van der Waals surface area contributed by atoms with Crippen LogP contribution in [0.3, 0.4) is 0 Å². The predicted molar refractivity (Wildman–Crippen MR) is 121 cm³/mol. The Balaban J connectivity index is 0.000000347. The highest BCUT2D eigenvalue weighted by Gasteiger charge is 2.29. The minimum Gasteiger partial charge on any atom is -0.479 e. The van der Waals surface area contributed by atoms with Gasteiger partial charge in [-0.15, -0.1) is 0 Å². The third-order valence-corrected chi connectivity index (χ3v) is 4.86. The fourth-order valence-electron chi connectivity index (χ4n) is 3.07. The summed E-state index contributed by atoms with van der Waals surface area (Å²) in [7, 11) is 0. The first-order valence-corrected chi connectivity index (χ1v) is 10.6. The average molecular weight is 475 g/mol. The largest absolute Gasteiger partial charge is 0.479 e. The second-order valence-electron chi connectivity index (χ2n) is 7.64. The summed E-state index contributed by atoms with van der Waals surface area (Å²) in [5.41, 5.74) is 3.39. The molecule has 4 N–H and O–H groups in total. The van der Waals surface area contributed by atoms with Gasteiger partial charge in [0, 0.05) is 37.6 Å². The number of aryl methyl sites for hydroxylation is 3. The molecule has 3 aromatic heterocycles. The molecule has 0 saturated carbocycles. The van der Waals surface area contributed by atoms with Gasteiger partial charge in [-0.1, -0.05) is 6.07 Å². The quantitative estimate of drug-likeness (QED) is 0.339. The Morgan fingerprint density at radius 3 is 2.18 bits per heavy atom. The van der Waals surface area contributed by atoms with Crippen LogP contribution >= 0.6 is 0 Å². The number of aliphatic hydroxyl groups excluding tert-OH is 2. The number of furan rings is 1. The first-order valence-electron chi connectivity index (χ1n) is 10.6. The number of carboxylic acids is 2. The molecule has 2 atom stereocenters. The van der Waals surface area contributed by atoms with E-state index in [1.54, 1.807) is 0 Å². The molecule has 3 aromatic rings. The van der Waals surface area contributed by atoms with Gasteiger partial charge in [-0.2, -0.15) is 5.10 Å². The van der Waals surface area contributed by atoms with Crippen molar-refractivity contribution in [3.05, 3.63) is 71.2 Å². The van der Waals surface area contributed by atoms with Gasteiger partial charge in [-0.25, -0.2) is 9.59 Å². The van der Waals surface area contributed by atoms with E-state index in [1.807, 2.05) is 42.1 Å². The smallest absolute Gasteiger partial charge is 0.335 e. The van der Waals surface area contributed by atoms with Crippen LogP contribution in [0.1, 0.15) is 35.4 Å². The molecule has 2 unspecified atom stereocenters. The molecule has 0 saturated heterocycles. The van der Waals surface area contributed by atoms with E-state index in [1.165, 1.54) is 5.56 Å². The Kier molecular flexibility index (Phi) is 9.92. The average Bonchev–Trinajstić information content (AvgIpc) is 3.38. The zero-order valence-corrected chi connectivity index (χ0v) is 19.3. The molecule has 11 nitrogen and oxygen atoms in total. The third kappa shape index (κ3) is 8.10. The summed E-state index contributed by atoms with van der Waals surface area (Å²) in [5.74, 6) is -1.62. The van der Waals surface area contributed by atoms with E-state index >= 15 is 0 Å². The molecule has 3 rings (SSSR count). The highest BCUT2D eigenvalue weighted by atomic mass is 16.4. The summed E-state index contributed by atoms with van der Waals surface area (Å²) in [6, 6.07) is 10.1. The predicted octanol–water partition coefficient (Wildman–Crippen LogP) is 1.59. The molecule has 184 valence electrons. The lowest BCUT2D eigenvalue weighted by Crippen LogP contribution is -2.39. The fraction of sp³-hybridized carbons (Fsp3) is 0.391. The van der Waals surface area contributed by atoms with Crippen molar-refractivity contribution in [3.63, 3.8) is 0 Å². The zero-order valence-electron chi connectivity index (χ0n) is 19.3. The zero-order chi connectivity index (χ0) is 25.3. The molecule has 0 spiro atoms. The molecule has 0 aliphatic rings. The Morgan fingerprint density at radius 2 is 1.71 bits per heavy atom. The molecule has 0 fully saturated rings. The molecule has 0 bridgehead atoms. The van der Waals surface area contributed by atoms with Gasteiger partial charge in [0.1, 0.15) is 11.5 Å². The summed E-state index contributed by atoms with van der Waals surface area (Å²) in [4.78, 5) is 26.3. The van der Waals surface area contributed by atoms with Crippen molar-refractivity contribution in [1.29, 1.82) is 0 Å². The first kappa shape index (κ1) is 26.7. The Labute approximate surface area is 196 Å². The van der Waals surface area contributed by atoms with Gasteiger partial charge < -0.3 is 24.8 Å². The number of carboxylic acid groups (broad SMARTS) is 2. The van der Waals surface area contributed by atoms with Crippen molar-refractivity contribution >= 4 is 11.9 Å². The van der Waals surface area contributed by atoms with Crippen LogP contribution in [0.2, 0.25) is 0 Å². The number of hydrogen-bond donors (Lipinski definition) is 4. The van der Waals surface area contributed by atoms with Gasteiger partial charge in [0.25, 0.3) is 0 Å². The maximum absolute atomic E-state index is 9.77. The summed E-state index contributed by atoms with van der Waals surface area (Å²) < 4.78 is 7.75. The van der Waals surface area contributed by atoms with E-state index in [0.29, 0.717) is 0 Å². The summed E-state index contributed by atoms with van der Waals surface area (Å²) in [5, 5.41) is 37.1. The fourth-order valence-corrected chi connectivity index (χ4v) is 3.07. The highest BCUT2D eigenvalue weighted by Crippen LogP contribution is 2.16. The summed E-state index contributed by atoms with van der Waals surface area (Å²) in [6.45, 7) is 9.38. The van der Waals surface area contributed by atoms with E-state index in [9.17, 15) is 9.59 Å². The molecule has 0 aromatic carbocycles.